The van der Waals surface area contributed by atoms with Gasteiger partial charge in [0.15, 0.2) is 11.4 Å². The summed E-state index contributed by atoms with van der Waals surface area (Å²) in [6, 6.07) is 21.9. The number of benzene rings is 3. The van der Waals surface area contributed by atoms with E-state index in [2.05, 4.69) is 15.6 Å². The second-order valence-corrected chi connectivity index (χ2v) is 11.2. The lowest BCUT2D eigenvalue weighted by Gasteiger charge is -2.36. The maximum atomic E-state index is 12.5. The predicted octanol–water partition coefficient (Wildman–Crippen LogP) is 6.26. The molecule has 44 heavy (non-hydrogen) atoms. The Morgan fingerprint density at radius 2 is 1.61 bits per heavy atom. The summed E-state index contributed by atoms with van der Waals surface area (Å²) < 4.78 is 14.5. The highest BCUT2D eigenvalue weighted by atomic mass is 35.5. The van der Waals surface area contributed by atoms with Gasteiger partial charge >= 0.3 is 0 Å². The first kappa shape index (κ1) is 31.5. The standard InChI is InChI=1S/C32H33Cl2N5O5/c33-30-31(34)39(19-36-30)17-24-16-27(21-10-8-20(18-40)9-11-21)44-32(43-24)22-12-14-23(15-13-22)37-28(41)6-3-7-29(42)38-26-5-2-1-4-25(26)35/h1-2,4-5,8-15,19,24,27,32,40H,3,6-7,16-18,35H2,(H,37,41)(H,38,42). The van der Waals surface area contributed by atoms with E-state index in [-0.39, 0.29) is 48.6 Å². The lowest BCUT2D eigenvalue weighted by molar-refractivity contribution is -0.252. The molecular formula is C32H33Cl2N5O5. The molecule has 2 heterocycles. The van der Waals surface area contributed by atoms with Gasteiger partial charge in [-0.2, -0.15) is 0 Å². The molecule has 3 atom stereocenters. The number of aliphatic hydroxyl groups is 1. The number of carbonyl (C=O) groups is 2. The third-order valence-corrected chi connectivity index (χ3v) is 8.03. The maximum absolute atomic E-state index is 12.5. The Morgan fingerprint density at radius 1 is 0.932 bits per heavy atom. The van der Waals surface area contributed by atoms with E-state index >= 15 is 0 Å². The van der Waals surface area contributed by atoms with Crippen molar-refractivity contribution < 1.29 is 24.2 Å². The number of rotatable bonds is 11. The van der Waals surface area contributed by atoms with Gasteiger partial charge in [0.05, 0.1) is 43.1 Å². The zero-order valence-corrected chi connectivity index (χ0v) is 25.3. The van der Waals surface area contributed by atoms with Gasteiger partial charge in [-0.25, -0.2) is 4.98 Å². The van der Waals surface area contributed by atoms with Gasteiger partial charge in [0.1, 0.15) is 5.15 Å². The van der Waals surface area contributed by atoms with Gasteiger partial charge in [-0.3, -0.25) is 9.59 Å². The largest absolute Gasteiger partial charge is 0.397 e. The van der Waals surface area contributed by atoms with Crippen LogP contribution >= 0.6 is 23.2 Å². The first-order chi connectivity index (χ1) is 21.3. The second-order valence-electron chi connectivity index (χ2n) is 10.5. The summed E-state index contributed by atoms with van der Waals surface area (Å²) in [5.41, 5.74) is 10.1. The minimum Gasteiger partial charge on any atom is -0.397 e. The van der Waals surface area contributed by atoms with E-state index in [1.165, 1.54) is 0 Å². The van der Waals surface area contributed by atoms with Crippen LogP contribution in [0, 0.1) is 0 Å². The molecule has 5 N–H and O–H groups in total. The number of nitrogens with one attached hydrogen (secondary N) is 2. The minimum atomic E-state index is -0.684. The predicted molar refractivity (Wildman–Crippen MR) is 169 cm³/mol. The Kier molecular flexibility index (Phi) is 10.5. The molecule has 0 spiro atoms. The van der Waals surface area contributed by atoms with Crippen molar-refractivity contribution in [1.82, 2.24) is 9.55 Å². The van der Waals surface area contributed by atoms with Crippen LogP contribution in [-0.2, 0) is 32.2 Å². The quantitative estimate of drug-likeness (QED) is 0.142. The SMILES string of the molecule is Nc1ccccc1NC(=O)CCCC(=O)Nc1ccc(C2OC(Cn3cnc(Cl)c3Cl)CC(c3ccc(CO)cc3)O2)cc1. The van der Waals surface area contributed by atoms with E-state index in [1.54, 1.807) is 47.3 Å². The molecular weight excluding hydrogens is 605 g/mol. The summed E-state index contributed by atoms with van der Waals surface area (Å²) >= 11 is 12.4. The summed E-state index contributed by atoms with van der Waals surface area (Å²) in [6.45, 7) is 0.386. The third kappa shape index (κ3) is 8.16. The van der Waals surface area contributed by atoms with Crippen molar-refractivity contribution in [3.05, 3.63) is 106 Å². The number of aromatic nitrogens is 2. The fourth-order valence-corrected chi connectivity index (χ4v) is 5.22. The molecule has 2 amide bonds. The average Bonchev–Trinajstić information content (AvgIpc) is 3.34. The van der Waals surface area contributed by atoms with Crippen LogP contribution in [0.4, 0.5) is 17.1 Å². The van der Waals surface area contributed by atoms with E-state index < -0.39 is 6.29 Å². The smallest absolute Gasteiger partial charge is 0.224 e. The lowest BCUT2D eigenvalue weighted by atomic mass is 10.00. The maximum Gasteiger partial charge on any atom is 0.224 e. The number of hydrogen-bond acceptors (Lipinski definition) is 7. The number of ether oxygens (including phenoxy) is 2. The highest BCUT2D eigenvalue weighted by molar-refractivity contribution is 6.40. The molecule has 1 aliphatic heterocycles. The number of hydrogen-bond donors (Lipinski definition) is 4. The van der Waals surface area contributed by atoms with Gasteiger partial charge in [-0.15, -0.1) is 0 Å². The Balaban J connectivity index is 1.19. The van der Waals surface area contributed by atoms with Gasteiger partial charge in [0.2, 0.25) is 11.8 Å². The van der Waals surface area contributed by atoms with Crippen LogP contribution in [0.25, 0.3) is 0 Å². The highest BCUT2D eigenvalue weighted by Gasteiger charge is 2.33. The Bertz CT molecular complexity index is 1580. The van der Waals surface area contributed by atoms with Crippen LogP contribution in [0.1, 0.15) is 54.8 Å². The molecule has 10 nitrogen and oxygen atoms in total. The topological polar surface area (TPSA) is 141 Å². The van der Waals surface area contributed by atoms with E-state index in [0.29, 0.717) is 41.6 Å². The molecule has 0 bridgehead atoms. The van der Waals surface area contributed by atoms with Crippen molar-refractivity contribution in [2.45, 2.75) is 57.3 Å². The van der Waals surface area contributed by atoms with Crippen LogP contribution in [0.15, 0.2) is 79.1 Å². The number of anilines is 3. The van der Waals surface area contributed by atoms with E-state index in [0.717, 1.165) is 16.7 Å². The number of nitrogen functional groups attached to an aromatic ring is 1. The molecule has 1 fully saturated rings. The van der Waals surface area contributed by atoms with Crippen molar-refractivity contribution in [3.8, 4) is 0 Å². The number of amides is 2. The van der Waals surface area contributed by atoms with Crippen molar-refractivity contribution in [2.24, 2.45) is 0 Å². The Labute approximate surface area is 265 Å². The third-order valence-electron chi connectivity index (χ3n) is 7.26. The fourth-order valence-electron chi connectivity index (χ4n) is 4.90. The number of para-hydroxylation sites is 2. The molecule has 0 radical (unpaired) electrons. The number of nitrogens with two attached hydrogens (primary N) is 1. The molecule has 1 saturated heterocycles. The summed E-state index contributed by atoms with van der Waals surface area (Å²) in [7, 11) is 0. The fraction of sp³-hybridized carbons (Fsp3) is 0.281. The van der Waals surface area contributed by atoms with Crippen LogP contribution < -0.4 is 16.4 Å². The number of halogens is 2. The molecule has 0 aliphatic carbocycles. The van der Waals surface area contributed by atoms with E-state index in [9.17, 15) is 14.7 Å². The van der Waals surface area contributed by atoms with Crippen LogP contribution in [0.3, 0.4) is 0 Å². The zero-order valence-electron chi connectivity index (χ0n) is 23.8. The van der Waals surface area contributed by atoms with E-state index in [4.69, 9.17) is 38.4 Å². The van der Waals surface area contributed by atoms with Gasteiger partial charge in [0, 0.05) is 30.5 Å². The van der Waals surface area contributed by atoms with Crippen molar-refractivity contribution >= 4 is 52.1 Å². The van der Waals surface area contributed by atoms with Crippen LogP contribution in [0.2, 0.25) is 10.3 Å². The molecule has 1 aromatic heterocycles. The second kappa shape index (κ2) is 14.7. The summed E-state index contributed by atoms with van der Waals surface area (Å²) in [6.07, 6.45) is 1.68. The number of carbonyl (C=O) groups excluding carboxylic acids is 2. The van der Waals surface area contributed by atoms with Gasteiger partial charge < -0.3 is 35.5 Å². The average molecular weight is 639 g/mol. The van der Waals surface area contributed by atoms with Crippen molar-refractivity contribution in [3.63, 3.8) is 0 Å². The first-order valence-electron chi connectivity index (χ1n) is 14.2. The minimum absolute atomic E-state index is 0.0396. The molecule has 3 unspecified atom stereocenters. The molecule has 12 heteroatoms. The zero-order chi connectivity index (χ0) is 31.1. The molecule has 5 rings (SSSR count). The molecule has 4 aromatic rings. The molecule has 3 aromatic carbocycles. The lowest BCUT2D eigenvalue weighted by Crippen LogP contribution is -2.32. The van der Waals surface area contributed by atoms with Crippen molar-refractivity contribution in [2.75, 3.05) is 16.4 Å². The Morgan fingerprint density at radius 3 is 2.27 bits per heavy atom. The summed E-state index contributed by atoms with van der Waals surface area (Å²) in [5.74, 6) is -0.399. The highest BCUT2D eigenvalue weighted by Crippen LogP contribution is 2.39. The van der Waals surface area contributed by atoms with Gasteiger partial charge in [-0.05, 0) is 41.8 Å². The molecule has 230 valence electrons. The van der Waals surface area contributed by atoms with E-state index in [1.807, 2.05) is 36.4 Å². The number of imidazole rings is 1. The monoisotopic (exact) mass is 637 g/mol. The first-order valence-corrected chi connectivity index (χ1v) is 15.0. The van der Waals surface area contributed by atoms with Gasteiger partial charge in [0.25, 0.3) is 0 Å². The normalized spacial score (nSPS) is 18.1. The summed E-state index contributed by atoms with van der Waals surface area (Å²) in [4.78, 5) is 28.8. The molecule has 1 aliphatic rings. The number of aliphatic hydroxyl groups excluding tert-OH is 1. The van der Waals surface area contributed by atoms with Crippen molar-refractivity contribution in [1.29, 1.82) is 0 Å². The van der Waals surface area contributed by atoms with Crippen LogP contribution in [0.5, 0.6) is 0 Å². The van der Waals surface area contributed by atoms with Crippen LogP contribution in [-0.4, -0.2) is 32.6 Å². The molecule has 0 saturated carbocycles. The van der Waals surface area contributed by atoms with Gasteiger partial charge in [-0.1, -0.05) is 71.7 Å². The number of nitrogens with zero attached hydrogens (tertiary/aromatic N) is 2. The summed E-state index contributed by atoms with van der Waals surface area (Å²) in [5, 5.41) is 15.6. The Hall–Kier alpha value is -3.93.